The van der Waals surface area contributed by atoms with Crippen LogP contribution in [0.25, 0.3) is 0 Å². The fourth-order valence-electron chi connectivity index (χ4n) is 5.05. The van der Waals surface area contributed by atoms with Crippen LogP contribution in [0.2, 0.25) is 18.1 Å². The lowest BCUT2D eigenvalue weighted by molar-refractivity contribution is -0.113. The third kappa shape index (κ3) is 8.75. The molecule has 1 aliphatic carbocycles. The van der Waals surface area contributed by atoms with Crippen molar-refractivity contribution in [2.45, 2.75) is 70.2 Å². The van der Waals surface area contributed by atoms with E-state index in [0.29, 0.717) is 12.2 Å². The third-order valence-corrected chi connectivity index (χ3v) is 13.6. The molecule has 1 fully saturated rings. The standard InChI is InChI=1S/C31H42FN7O6SSi/c1-8-26(40)38(5)22-11-9-10-20(14-22)17-39-13-12-24(37-39)28(41)23-16-34-19-35-30(23)36-25-15-21(18-44-46(33,42)43)29(27(25)32)45-47(6,7)31(2,3)4/h8-14,16,19,21,25,27,29H,1,15,17-18H2,2-7H3,(H2,33,42,43)(H,34,35,36)/t21-,25-,27-,29-/m1/s1. The maximum atomic E-state index is 16.2. The van der Waals surface area contributed by atoms with Crippen LogP contribution in [0.3, 0.4) is 0 Å². The number of alkyl halides is 1. The number of likely N-dealkylation sites (N-methyl/N-ethyl adjacent to an activating group) is 1. The summed E-state index contributed by atoms with van der Waals surface area (Å²) in [5, 5.41) is 12.3. The summed E-state index contributed by atoms with van der Waals surface area (Å²) in [6.07, 6.45) is 3.05. The minimum atomic E-state index is -4.26. The Morgan fingerprint density at radius 1 is 1.28 bits per heavy atom. The van der Waals surface area contributed by atoms with Crippen molar-refractivity contribution in [1.29, 1.82) is 0 Å². The van der Waals surface area contributed by atoms with Crippen LogP contribution >= 0.6 is 0 Å². The van der Waals surface area contributed by atoms with Gasteiger partial charge in [0.15, 0.2) is 8.32 Å². The van der Waals surface area contributed by atoms with E-state index in [1.165, 1.54) is 23.5 Å². The Kier molecular flexibility index (Phi) is 10.8. The zero-order chi connectivity index (χ0) is 34.7. The lowest BCUT2D eigenvalue weighted by atomic mass is 10.1. The van der Waals surface area contributed by atoms with Gasteiger partial charge < -0.3 is 14.6 Å². The molecule has 2 heterocycles. The summed E-state index contributed by atoms with van der Waals surface area (Å²) in [6, 6.07) is 8.03. The Labute approximate surface area is 275 Å². The molecule has 13 nitrogen and oxygen atoms in total. The van der Waals surface area contributed by atoms with Crippen molar-refractivity contribution in [3.63, 3.8) is 0 Å². The smallest absolute Gasteiger partial charge is 0.333 e. The quantitative estimate of drug-likeness (QED) is 0.153. The van der Waals surface area contributed by atoms with Gasteiger partial charge in [0, 0.05) is 31.0 Å². The van der Waals surface area contributed by atoms with Crippen LogP contribution in [0.1, 0.15) is 48.8 Å². The molecule has 4 atom stereocenters. The largest absolute Gasteiger partial charge is 0.411 e. The maximum Gasteiger partial charge on any atom is 0.333 e. The van der Waals surface area contributed by atoms with Crippen LogP contribution in [0.5, 0.6) is 0 Å². The van der Waals surface area contributed by atoms with E-state index in [0.717, 1.165) is 5.56 Å². The molecule has 47 heavy (non-hydrogen) atoms. The first-order chi connectivity index (χ1) is 21.9. The zero-order valence-corrected chi connectivity index (χ0v) is 29.2. The number of nitrogens with two attached hydrogens (primary N) is 1. The predicted molar refractivity (Wildman–Crippen MR) is 178 cm³/mol. The van der Waals surface area contributed by atoms with Crippen LogP contribution in [-0.2, 0) is 30.3 Å². The number of hydrogen-bond acceptors (Lipinski definition) is 10. The molecule has 1 saturated carbocycles. The Morgan fingerprint density at radius 2 is 2.00 bits per heavy atom. The Balaban J connectivity index is 1.53. The van der Waals surface area contributed by atoms with E-state index < -0.39 is 48.6 Å². The number of benzene rings is 1. The molecule has 16 heteroatoms. The van der Waals surface area contributed by atoms with E-state index in [-0.39, 0.29) is 41.0 Å². The van der Waals surface area contributed by atoms with Crippen molar-refractivity contribution in [3.05, 3.63) is 78.5 Å². The predicted octanol–water partition coefficient (Wildman–Crippen LogP) is 3.85. The minimum absolute atomic E-state index is 0.0858. The number of nitrogens with one attached hydrogen (secondary N) is 1. The number of hydrogen-bond donors (Lipinski definition) is 2. The van der Waals surface area contributed by atoms with Crippen molar-refractivity contribution in [3.8, 4) is 0 Å². The van der Waals surface area contributed by atoms with E-state index in [4.69, 9.17) is 13.7 Å². The third-order valence-electron chi connectivity index (χ3n) is 8.70. The van der Waals surface area contributed by atoms with E-state index in [2.05, 4.69) is 27.0 Å². The van der Waals surface area contributed by atoms with E-state index in [9.17, 15) is 18.0 Å². The molecule has 0 saturated heterocycles. The van der Waals surface area contributed by atoms with Gasteiger partial charge in [0.2, 0.25) is 11.7 Å². The second kappa shape index (κ2) is 14.1. The molecule has 3 N–H and O–H groups in total. The fourth-order valence-corrected chi connectivity index (χ4v) is 6.77. The first-order valence-corrected chi connectivity index (χ1v) is 19.4. The SMILES string of the molecule is C=CC(=O)N(C)c1cccc(Cn2ccc(C(=O)c3cncnc3N[C@@H]3C[C@H](COS(N)(=O)=O)[C@@H](O[Si](C)(C)C(C)(C)C)[C@@H]3F)n2)c1. The molecular weight excluding hydrogens is 646 g/mol. The lowest BCUT2D eigenvalue weighted by Gasteiger charge is -2.40. The summed E-state index contributed by atoms with van der Waals surface area (Å²) in [5.41, 5.74) is 1.74. The highest BCUT2D eigenvalue weighted by atomic mass is 32.2. The average molecular weight is 688 g/mol. The summed E-state index contributed by atoms with van der Waals surface area (Å²) in [4.78, 5) is 35.3. The molecule has 254 valence electrons. The van der Waals surface area contributed by atoms with Crippen molar-refractivity contribution >= 4 is 41.8 Å². The van der Waals surface area contributed by atoms with Gasteiger partial charge in [0.1, 0.15) is 24.0 Å². The number of halogens is 1. The number of amides is 1. The van der Waals surface area contributed by atoms with Crippen molar-refractivity contribution in [1.82, 2.24) is 19.7 Å². The normalized spacial score (nSPS) is 20.2. The van der Waals surface area contributed by atoms with Gasteiger partial charge >= 0.3 is 10.3 Å². The highest BCUT2D eigenvalue weighted by Gasteiger charge is 2.50. The molecule has 0 bridgehead atoms. The van der Waals surface area contributed by atoms with Crippen LogP contribution < -0.4 is 15.4 Å². The van der Waals surface area contributed by atoms with E-state index in [1.54, 1.807) is 30.1 Å². The molecule has 0 unspecified atom stereocenters. The van der Waals surface area contributed by atoms with Crippen LogP contribution in [0.4, 0.5) is 15.9 Å². The van der Waals surface area contributed by atoms with Gasteiger partial charge in [0.25, 0.3) is 0 Å². The lowest BCUT2D eigenvalue weighted by Crippen LogP contribution is -2.48. The Morgan fingerprint density at radius 3 is 2.66 bits per heavy atom. The zero-order valence-electron chi connectivity index (χ0n) is 27.4. The number of nitrogens with zero attached hydrogens (tertiary/aromatic N) is 5. The van der Waals surface area contributed by atoms with Gasteiger partial charge in [-0.1, -0.05) is 39.5 Å². The molecule has 2 aromatic heterocycles. The molecule has 4 rings (SSSR count). The molecule has 1 aliphatic rings. The molecule has 3 aromatic rings. The number of anilines is 2. The monoisotopic (exact) mass is 687 g/mol. The van der Waals surface area contributed by atoms with Gasteiger partial charge in [-0.2, -0.15) is 13.5 Å². The van der Waals surface area contributed by atoms with Crippen LogP contribution in [0, 0.1) is 5.92 Å². The highest BCUT2D eigenvalue weighted by Crippen LogP contribution is 2.42. The second-order valence-corrected chi connectivity index (χ2v) is 19.1. The first kappa shape index (κ1) is 36.0. The number of aromatic nitrogens is 4. The Hall–Kier alpha value is -3.83. The number of carbonyl (C=O) groups excluding carboxylic acids is 2. The minimum Gasteiger partial charge on any atom is -0.411 e. The first-order valence-electron chi connectivity index (χ1n) is 15.0. The molecular formula is C31H42FN7O6SSi. The Bertz CT molecular complexity index is 1730. The molecule has 1 amide bonds. The van der Waals surface area contributed by atoms with E-state index >= 15 is 4.39 Å². The molecule has 0 spiro atoms. The number of carbonyl (C=O) groups is 2. The fraction of sp³-hybridized carbons (Fsp3) is 0.452. The second-order valence-electron chi connectivity index (χ2n) is 13.1. The highest BCUT2D eigenvalue weighted by molar-refractivity contribution is 7.84. The molecule has 0 radical (unpaired) electrons. The van der Waals surface area contributed by atoms with Gasteiger partial charge in [-0.05, 0) is 54.4 Å². The summed E-state index contributed by atoms with van der Waals surface area (Å²) in [6.45, 7) is 13.5. The van der Waals surface area contributed by atoms with Crippen LogP contribution in [0.15, 0.2) is 61.7 Å². The van der Waals surface area contributed by atoms with Gasteiger partial charge in [-0.25, -0.2) is 19.5 Å². The summed E-state index contributed by atoms with van der Waals surface area (Å²) >= 11 is 0. The summed E-state index contributed by atoms with van der Waals surface area (Å²) in [7, 11) is -5.09. The van der Waals surface area contributed by atoms with E-state index in [1.807, 2.05) is 52.1 Å². The topological polar surface area (TPSA) is 172 Å². The van der Waals surface area contributed by atoms with Gasteiger partial charge in [-0.15, -0.1) is 0 Å². The number of ketones is 1. The molecule has 1 aromatic carbocycles. The molecule has 0 aliphatic heterocycles. The maximum absolute atomic E-state index is 16.2. The van der Waals surface area contributed by atoms with Crippen LogP contribution in [-0.4, -0.2) is 80.1 Å². The van der Waals surface area contributed by atoms with Gasteiger partial charge in [-0.3, -0.25) is 18.5 Å². The van der Waals surface area contributed by atoms with Crippen molar-refractivity contribution in [2.24, 2.45) is 11.1 Å². The van der Waals surface area contributed by atoms with Gasteiger partial charge in [0.05, 0.1) is 30.9 Å². The summed E-state index contributed by atoms with van der Waals surface area (Å²) < 4.78 is 52.2. The summed E-state index contributed by atoms with van der Waals surface area (Å²) in [5.74, 6) is -1.26. The average Bonchev–Trinajstić information content (AvgIpc) is 3.58. The number of rotatable bonds is 13. The van der Waals surface area contributed by atoms with Crippen molar-refractivity contribution < 1.29 is 31.0 Å². The van der Waals surface area contributed by atoms with Crippen molar-refractivity contribution in [2.75, 3.05) is 23.9 Å².